The molecule has 0 saturated carbocycles. The average molecular weight is 292 g/mol. The van der Waals surface area contributed by atoms with Crippen LogP contribution in [0.25, 0.3) is 11.4 Å². The van der Waals surface area contributed by atoms with E-state index in [0.29, 0.717) is 12.1 Å². The highest BCUT2D eigenvalue weighted by atomic mass is 32.1. The molecule has 2 aromatic carbocycles. The SMILES string of the molecule is N#Cc1ccc(CNc2nc(-c3ccccc3)ns2)cc1. The van der Waals surface area contributed by atoms with Crippen molar-refractivity contribution in [2.45, 2.75) is 6.54 Å². The van der Waals surface area contributed by atoms with Gasteiger partial charge in [-0.1, -0.05) is 42.5 Å². The van der Waals surface area contributed by atoms with E-state index in [0.717, 1.165) is 22.1 Å². The van der Waals surface area contributed by atoms with Crippen LogP contribution in [-0.2, 0) is 6.54 Å². The molecule has 0 saturated heterocycles. The Morgan fingerprint density at radius 1 is 1.05 bits per heavy atom. The molecule has 5 heteroatoms. The fourth-order valence-corrected chi connectivity index (χ4v) is 2.46. The zero-order valence-corrected chi connectivity index (χ0v) is 12.0. The summed E-state index contributed by atoms with van der Waals surface area (Å²) in [5.41, 5.74) is 2.78. The van der Waals surface area contributed by atoms with Crippen LogP contribution in [0.15, 0.2) is 54.6 Å². The van der Waals surface area contributed by atoms with Crippen LogP contribution in [-0.4, -0.2) is 9.36 Å². The Morgan fingerprint density at radius 3 is 2.52 bits per heavy atom. The summed E-state index contributed by atoms with van der Waals surface area (Å²) in [5.74, 6) is 0.739. The predicted molar refractivity (Wildman–Crippen MR) is 83.8 cm³/mol. The first-order valence-electron chi connectivity index (χ1n) is 6.47. The van der Waals surface area contributed by atoms with E-state index in [1.54, 1.807) is 0 Å². The lowest BCUT2D eigenvalue weighted by Gasteiger charge is -2.02. The molecule has 0 spiro atoms. The minimum atomic E-state index is 0.662. The van der Waals surface area contributed by atoms with Crippen LogP contribution in [0.1, 0.15) is 11.1 Å². The Kier molecular flexibility index (Phi) is 3.90. The maximum absolute atomic E-state index is 8.77. The highest BCUT2D eigenvalue weighted by molar-refractivity contribution is 7.09. The normalized spacial score (nSPS) is 10.0. The van der Waals surface area contributed by atoms with Gasteiger partial charge in [0.05, 0.1) is 11.6 Å². The third-order valence-electron chi connectivity index (χ3n) is 2.98. The molecule has 4 nitrogen and oxygen atoms in total. The molecule has 1 N–H and O–H groups in total. The number of anilines is 1. The smallest absolute Gasteiger partial charge is 0.203 e. The zero-order chi connectivity index (χ0) is 14.5. The molecule has 0 fully saturated rings. The molecule has 3 aromatic rings. The fourth-order valence-electron chi connectivity index (χ4n) is 1.87. The lowest BCUT2D eigenvalue weighted by atomic mass is 10.1. The van der Waals surface area contributed by atoms with Gasteiger partial charge in [-0.05, 0) is 17.7 Å². The van der Waals surface area contributed by atoms with E-state index in [1.165, 1.54) is 11.5 Å². The van der Waals surface area contributed by atoms with Gasteiger partial charge in [0, 0.05) is 23.6 Å². The fraction of sp³-hybridized carbons (Fsp3) is 0.0625. The Hall–Kier alpha value is -2.71. The van der Waals surface area contributed by atoms with Crippen LogP contribution >= 0.6 is 11.5 Å². The molecule has 21 heavy (non-hydrogen) atoms. The van der Waals surface area contributed by atoms with Gasteiger partial charge in [0.15, 0.2) is 5.82 Å². The lowest BCUT2D eigenvalue weighted by Crippen LogP contribution is -1.98. The Balaban J connectivity index is 1.66. The molecule has 102 valence electrons. The molecule has 0 aliphatic carbocycles. The van der Waals surface area contributed by atoms with E-state index in [-0.39, 0.29) is 0 Å². The Morgan fingerprint density at radius 2 is 1.81 bits per heavy atom. The molecule has 1 aromatic heterocycles. The van der Waals surface area contributed by atoms with Gasteiger partial charge in [0.2, 0.25) is 5.13 Å². The van der Waals surface area contributed by atoms with E-state index in [2.05, 4.69) is 20.7 Å². The first kappa shape index (κ1) is 13.3. The largest absolute Gasteiger partial charge is 0.356 e. The maximum atomic E-state index is 8.77. The molecular formula is C16H12N4S. The van der Waals surface area contributed by atoms with Crippen molar-refractivity contribution in [1.82, 2.24) is 9.36 Å². The molecule has 0 atom stereocenters. The van der Waals surface area contributed by atoms with Crippen LogP contribution in [0, 0.1) is 11.3 Å². The summed E-state index contributed by atoms with van der Waals surface area (Å²) in [5, 5.41) is 12.8. The number of benzene rings is 2. The zero-order valence-electron chi connectivity index (χ0n) is 11.2. The van der Waals surface area contributed by atoms with Crippen LogP contribution in [0.3, 0.4) is 0 Å². The summed E-state index contributed by atoms with van der Waals surface area (Å²) in [4.78, 5) is 4.47. The van der Waals surface area contributed by atoms with Gasteiger partial charge in [-0.3, -0.25) is 0 Å². The van der Waals surface area contributed by atoms with Crippen molar-refractivity contribution in [3.63, 3.8) is 0 Å². The highest BCUT2D eigenvalue weighted by Crippen LogP contribution is 2.21. The second kappa shape index (κ2) is 6.16. The van der Waals surface area contributed by atoms with E-state index in [4.69, 9.17) is 5.26 Å². The number of nitrogens with one attached hydrogen (secondary N) is 1. The molecule has 0 aliphatic rings. The van der Waals surface area contributed by atoms with Gasteiger partial charge in [-0.2, -0.15) is 14.6 Å². The number of rotatable bonds is 4. The number of aromatic nitrogens is 2. The maximum Gasteiger partial charge on any atom is 0.203 e. The molecule has 3 rings (SSSR count). The van der Waals surface area contributed by atoms with E-state index >= 15 is 0 Å². The minimum absolute atomic E-state index is 0.662. The molecule has 0 aliphatic heterocycles. The van der Waals surface area contributed by atoms with E-state index in [1.807, 2.05) is 54.6 Å². The second-order valence-electron chi connectivity index (χ2n) is 4.45. The molecule has 0 bridgehead atoms. The summed E-state index contributed by atoms with van der Waals surface area (Å²) >= 11 is 1.35. The van der Waals surface area contributed by atoms with Crippen LogP contribution in [0.4, 0.5) is 5.13 Å². The van der Waals surface area contributed by atoms with Gasteiger partial charge in [0.1, 0.15) is 0 Å². The first-order chi connectivity index (χ1) is 10.3. The van der Waals surface area contributed by atoms with Crippen molar-refractivity contribution >= 4 is 16.7 Å². The van der Waals surface area contributed by atoms with Crippen LogP contribution in [0.5, 0.6) is 0 Å². The van der Waals surface area contributed by atoms with Crippen molar-refractivity contribution in [2.24, 2.45) is 0 Å². The highest BCUT2D eigenvalue weighted by Gasteiger charge is 2.05. The third-order valence-corrected chi connectivity index (χ3v) is 3.66. The van der Waals surface area contributed by atoms with Crippen LogP contribution in [0.2, 0.25) is 0 Å². The first-order valence-corrected chi connectivity index (χ1v) is 7.24. The quantitative estimate of drug-likeness (QED) is 0.796. The summed E-state index contributed by atoms with van der Waals surface area (Å²) in [6.45, 7) is 0.662. The molecular weight excluding hydrogens is 280 g/mol. The Bertz CT molecular complexity index is 757. The standard InChI is InChI=1S/C16H12N4S/c17-10-12-6-8-13(9-7-12)11-18-16-19-15(20-21-16)14-4-2-1-3-5-14/h1-9H,11H2,(H,18,19,20). The van der Waals surface area contributed by atoms with Gasteiger partial charge < -0.3 is 5.32 Å². The molecule has 1 heterocycles. The van der Waals surface area contributed by atoms with Gasteiger partial charge in [-0.25, -0.2) is 0 Å². The number of hydrogen-bond donors (Lipinski definition) is 1. The number of hydrogen-bond acceptors (Lipinski definition) is 5. The van der Waals surface area contributed by atoms with Crippen molar-refractivity contribution in [1.29, 1.82) is 5.26 Å². The molecule has 0 amide bonds. The van der Waals surface area contributed by atoms with Crippen molar-refractivity contribution in [3.05, 3.63) is 65.7 Å². The van der Waals surface area contributed by atoms with Crippen LogP contribution < -0.4 is 5.32 Å². The predicted octanol–water partition coefficient (Wildman–Crippen LogP) is 3.69. The monoisotopic (exact) mass is 292 g/mol. The average Bonchev–Trinajstić information content (AvgIpc) is 3.03. The van der Waals surface area contributed by atoms with E-state index in [9.17, 15) is 0 Å². The third kappa shape index (κ3) is 3.25. The van der Waals surface area contributed by atoms with Gasteiger partial charge >= 0.3 is 0 Å². The van der Waals surface area contributed by atoms with Crippen molar-refractivity contribution in [3.8, 4) is 17.5 Å². The minimum Gasteiger partial charge on any atom is -0.356 e. The summed E-state index contributed by atoms with van der Waals surface area (Å²) in [7, 11) is 0. The summed E-state index contributed by atoms with van der Waals surface area (Å²) in [6.07, 6.45) is 0. The van der Waals surface area contributed by atoms with Crippen molar-refractivity contribution < 1.29 is 0 Å². The van der Waals surface area contributed by atoms with E-state index < -0.39 is 0 Å². The van der Waals surface area contributed by atoms with Crippen molar-refractivity contribution in [2.75, 3.05) is 5.32 Å². The topological polar surface area (TPSA) is 61.6 Å². The number of nitrogens with zero attached hydrogens (tertiary/aromatic N) is 3. The molecule has 0 radical (unpaired) electrons. The van der Waals surface area contributed by atoms with Gasteiger partial charge in [-0.15, -0.1) is 0 Å². The second-order valence-corrected chi connectivity index (χ2v) is 5.20. The summed E-state index contributed by atoms with van der Waals surface area (Å²) in [6, 6.07) is 19.5. The van der Waals surface area contributed by atoms with Gasteiger partial charge in [0.25, 0.3) is 0 Å². The Labute approximate surface area is 126 Å². The lowest BCUT2D eigenvalue weighted by molar-refractivity contribution is 1.13. The number of nitriles is 1. The molecule has 0 unspecified atom stereocenters. The summed E-state index contributed by atoms with van der Waals surface area (Å²) < 4.78 is 4.35.